The summed E-state index contributed by atoms with van der Waals surface area (Å²) in [6.45, 7) is 2.03. The van der Waals surface area contributed by atoms with Gasteiger partial charge >= 0.3 is 0 Å². The molecule has 0 saturated carbocycles. The van der Waals surface area contributed by atoms with Crippen LogP contribution < -0.4 is 0 Å². The number of aromatic nitrogens is 3. The van der Waals surface area contributed by atoms with E-state index in [2.05, 4.69) is 27.3 Å². The number of hydrogen-bond acceptors (Lipinski definition) is 5. The highest BCUT2D eigenvalue weighted by Gasteiger charge is 2.10. The highest BCUT2D eigenvalue weighted by Crippen LogP contribution is 2.34. The van der Waals surface area contributed by atoms with Crippen molar-refractivity contribution in [3.63, 3.8) is 0 Å². The molecule has 3 heterocycles. The lowest BCUT2D eigenvalue weighted by atomic mass is 10.3. The van der Waals surface area contributed by atoms with Crippen LogP contribution in [0.4, 0.5) is 0 Å². The summed E-state index contributed by atoms with van der Waals surface area (Å²) in [7, 11) is 0. The molecule has 0 aromatic carbocycles. The second-order valence-electron chi connectivity index (χ2n) is 3.93. The largest absolute Gasteiger partial charge is 0.264 e. The number of rotatable bonds is 2. The molecule has 0 spiro atoms. The first kappa shape index (κ1) is 11.6. The van der Waals surface area contributed by atoms with E-state index in [1.807, 2.05) is 25.4 Å². The molecule has 0 N–H and O–H groups in total. The number of aryl methyl sites for hydroxylation is 1. The van der Waals surface area contributed by atoms with Crippen LogP contribution in [0.25, 0.3) is 20.9 Å². The highest BCUT2D eigenvalue weighted by atomic mass is 32.2. The molecule has 5 heteroatoms. The smallest absolute Gasteiger partial charge is 0.143 e. The van der Waals surface area contributed by atoms with Gasteiger partial charge in [-0.25, -0.2) is 9.97 Å². The molecule has 18 heavy (non-hydrogen) atoms. The second kappa shape index (κ2) is 4.66. The normalized spacial score (nSPS) is 11.0. The van der Waals surface area contributed by atoms with Crippen LogP contribution in [-0.4, -0.2) is 21.2 Å². The van der Waals surface area contributed by atoms with Gasteiger partial charge in [0.2, 0.25) is 0 Å². The first-order valence-corrected chi connectivity index (χ1v) is 7.53. The molecule has 0 aliphatic heterocycles. The SMILES string of the molecule is CSc1cnccc1-c1nc2cc(C)cnc2s1. The summed E-state index contributed by atoms with van der Waals surface area (Å²) < 4.78 is 0. The van der Waals surface area contributed by atoms with E-state index in [0.29, 0.717) is 0 Å². The number of fused-ring (bicyclic) bond motifs is 1. The lowest BCUT2D eigenvalue weighted by molar-refractivity contribution is 1.23. The Labute approximate surface area is 113 Å². The molecule has 3 aromatic heterocycles. The van der Waals surface area contributed by atoms with Crippen LogP contribution in [0.2, 0.25) is 0 Å². The molecular formula is C13H11N3S2. The van der Waals surface area contributed by atoms with Crippen LogP contribution in [0.5, 0.6) is 0 Å². The zero-order valence-electron chi connectivity index (χ0n) is 10.0. The number of nitrogens with zero attached hydrogens (tertiary/aromatic N) is 3. The van der Waals surface area contributed by atoms with Gasteiger partial charge in [0.05, 0.1) is 0 Å². The molecule has 0 saturated heterocycles. The maximum atomic E-state index is 4.67. The van der Waals surface area contributed by atoms with E-state index in [4.69, 9.17) is 0 Å². The van der Waals surface area contributed by atoms with Crippen molar-refractivity contribution in [1.82, 2.24) is 15.0 Å². The summed E-state index contributed by atoms with van der Waals surface area (Å²) in [6.07, 6.45) is 7.62. The van der Waals surface area contributed by atoms with Gasteiger partial charge in [-0.05, 0) is 30.9 Å². The van der Waals surface area contributed by atoms with Crippen LogP contribution in [-0.2, 0) is 0 Å². The zero-order valence-corrected chi connectivity index (χ0v) is 11.7. The van der Waals surface area contributed by atoms with Crippen molar-refractivity contribution in [2.24, 2.45) is 0 Å². The Hall–Kier alpha value is -1.46. The molecular weight excluding hydrogens is 262 g/mol. The minimum atomic E-state index is 0.971. The van der Waals surface area contributed by atoms with Crippen molar-refractivity contribution >= 4 is 33.4 Å². The molecule has 0 radical (unpaired) electrons. The minimum absolute atomic E-state index is 0.971. The third-order valence-electron chi connectivity index (χ3n) is 2.62. The Balaban J connectivity index is 2.19. The highest BCUT2D eigenvalue weighted by molar-refractivity contribution is 7.98. The van der Waals surface area contributed by atoms with Crippen LogP contribution in [0.3, 0.4) is 0 Å². The van der Waals surface area contributed by atoms with Crippen molar-refractivity contribution in [2.45, 2.75) is 11.8 Å². The van der Waals surface area contributed by atoms with Crippen molar-refractivity contribution in [3.05, 3.63) is 36.3 Å². The van der Waals surface area contributed by atoms with E-state index in [0.717, 1.165) is 31.4 Å². The quantitative estimate of drug-likeness (QED) is 0.666. The van der Waals surface area contributed by atoms with E-state index in [1.165, 1.54) is 0 Å². The maximum Gasteiger partial charge on any atom is 0.143 e. The van der Waals surface area contributed by atoms with Gasteiger partial charge in [0.15, 0.2) is 0 Å². The fraction of sp³-hybridized carbons (Fsp3) is 0.154. The monoisotopic (exact) mass is 273 g/mol. The average Bonchev–Trinajstić information content (AvgIpc) is 2.81. The predicted octanol–water partition coefficient (Wildman–Crippen LogP) is 3.78. The molecule has 0 aliphatic rings. The van der Waals surface area contributed by atoms with Crippen molar-refractivity contribution in [1.29, 1.82) is 0 Å². The standard InChI is InChI=1S/C13H11N3S2/c1-8-5-10-13(15-6-8)18-12(16-10)9-3-4-14-7-11(9)17-2/h3-7H,1-2H3. The molecule has 3 nitrogen and oxygen atoms in total. The van der Waals surface area contributed by atoms with Crippen molar-refractivity contribution in [2.75, 3.05) is 6.26 Å². The van der Waals surface area contributed by atoms with Gasteiger partial charge in [-0.15, -0.1) is 11.8 Å². The number of pyridine rings is 2. The van der Waals surface area contributed by atoms with Crippen LogP contribution >= 0.6 is 23.1 Å². The average molecular weight is 273 g/mol. The summed E-state index contributed by atoms with van der Waals surface area (Å²) in [5, 5.41) is 1.01. The zero-order chi connectivity index (χ0) is 12.5. The maximum absolute atomic E-state index is 4.67. The molecule has 3 rings (SSSR count). The lowest BCUT2D eigenvalue weighted by Gasteiger charge is -2.01. The molecule has 0 bridgehead atoms. The Morgan fingerprint density at radius 3 is 3.00 bits per heavy atom. The minimum Gasteiger partial charge on any atom is -0.264 e. The molecule has 0 unspecified atom stereocenters. The molecule has 0 fully saturated rings. The van der Waals surface area contributed by atoms with Gasteiger partial charge in [-0.1, -0.05) is 11.3 Å². The molecule has 0 atom stereocenters. The fourth-order valence-electron chi connectivity index (χ4n) is 1.76. The van der Waals surface area contributed by atoms with Crippen LogP contribution in [0, 0.1) is 6.92 Å². The summed E-state index contributed by atoms with van der Waals surface area (Å²) in [5.74, 6) is 0. The topological polar surface area (TPSA) is 38.7 Å². The molecule has 3 aromatic rings. The van der Waals surface area contributed by atoms with Crippen LogP contribution in [0.1, 0.15) is 5.56 Å². The van der Waals surface area contributed by atoms with E-state index in [1.54, 1.807) is 29.3 Å². The van der Waals surface area contributed by atoms with Gasteiger partial charge < -0.3 is 0 Å². The van der Waals surface area contributed by atoms with Crippen molar-refractivity contribution < 1.29 is 0 Å². The number of thiazole rings is 1. The van der Waals surface area contributed by atoms with E-state index in [-0.39, 0.29) is 0 Å². The molecule has 0 amide bonds. The first-order chi connectivity index (χ1) is 8.78. The van der Waals surface area contributed by atoms with E-state index >= 15 is 0 Å². The summed E-state index contributed by atoms with van der Waals surface area (Å²) in [4.78, 5) is 15.4. The lowest BCUT2D eigenvalue weighted by Crippen LogP contribution is -1.82. The number of hydrogen-bond donors (Lipinski definition) is 0. The van der Waals surface area contributed by atoms with E-state index in [9.17, 15) is 0 Å². The first-order valence-electron chi connectivity index (χ1n) is 5.49. The fourth-order valence-corrected chi connectivity index (χ4v) is 3.30. The summed E-state index contributed by atoms with van der Waals surface area (Å²) in [6, 6.07) is 4.08. The Morgan fingerprint density at radius 1 is 1.28 bits per heavy atom. The Kier molecular flexibility index (Phi) is 3.01. The van der Waals surface area contributed by atoms with Gasteiger partial charge in [-0.2, -0.15) is 0 Å². The molecule has 0 aliphatic carbocycles. The third kappa shape index (κ3) is 2.00. The summed E-state index contributed by atoms with van der Waals surface area (Å²) in [5.41, 5.74) is 3.25. The molecule has 90 valence electrons. The van der Waals surface area contributed by atoms with E-state index < -0.39 is 0 Å². The summed E-state index contributed by atoms with van der Waals surface area (Å²) >= 11 is 3.31. The Bertz CT molecular complexity index is 706. The third-order valence-corrected chi connectivity index (χ3v) is 4.40. The van der Waals surface area contributed by atoms with Gasteiger partial charge in [0.25, 0.3) is 0 Å². The van der Waals surface area contributed by atoms with Gasteiger partial charge in [0, 0.05) is 29.0 Å². The second-order valence-corrected chi connectivity index (χ2v) is 5.76. The number of thioether (sulfide) groups is 1. The van der Waals surface area contributed by atoms with Crippen LogP contribution in [0.15, 0.2) is 35.6 Å². The van der Waals surface area contributed by atoms with Gasteiger partial charge in [0.1, 0.15) is 15.4 Å². The Morgan fingerprint density at radius 2 is 2.17 bits per heavy atom. The predicted molar refractivity (Wildman–Crippen MR) is 77.2 cm³/mol. The van der Waals surface area contributed by atoms with Gasteiger partial charge in [-0.3, -0.25) is 4.98 Å². The van der Waals surface area contributed by atoms with Crippen molar-refractivity contribution in [3.8, 4) is 10.6 Å².